The van der Waals surface area contributed by atoms with Gasteiger partial charge >= 0.3 is 0 Å². The van der Waals surface area contributed by atoms with E-state index in [1.807, 2.05) is 6.92 Å². The van der Waals surface area contributed by atoms with Crippen LogP contribution in [-0.4, -0.2) is 25.2 Å². The fraction of sp³-hybridized carbons (Fsp3) is 0.364. The van der Waals surface area contributed by atoms with Gasteiger partial charge in [0.25, 0.3) is 0 Å². The van der Waals surface area contributed by atoms with Crippen molar-refractivity contribution in [2.45, 2.75) is 13.0 Å². The van der Waals surface area contributed by atoms with Gasteiger partial charge in [0.15, 0.2) is 0 Å². The maximum atomic E-state index is 10.7. The second-order valence-corrected chi connectivity index (χ2v) is 3.22. The van der Waals surface area contributed by atoms with Crippen LogP contribution in [0.5, 0.6) is 11.5 Å². The van der Waals surface area contributed by atoms with Crippen molar-refractivity contribution in [2.75, 3.05) is 13.2 Å². The van der Waals surface area contributed by atoms with Gasteiger partial charge in [-0.25, -0.2) is 0 Å². The first-order valence-corrected chi connectivity index (χ1v) is 5.04. The molecule has 16 heavy (non-hydrogen) atoms. The van der Waals surface area contributed by atoms with Crippen molar-refractivity contribution in [3.63, 3.8) is 0 Å². The standard InChI is InChI=1S/C11H16N2O3/c1-2-15-8-3-5-9(6-4-8)16-7-10(12)11(13)14/h3-6,10H,2,7,12H2,1H3,(H2,13,14). The Hall–Kier alpha value is -1.75. The monoisotopic (exact) mass is 224 g/mol. The van der Waals surface area contributed by atoms with E-state index < -0.39 is 11.9 Å². The third-order valence-corrected chi connectivity index (χ3v) is 1.93. The first-order valence-electron chi connectivity index (χ1n) is 5.04. The highest BCUT2D eigenvalue weighted by atomic mass is 16.5. The molecule has 5 nitrogen and oxygen atoms in total. The molecule has 0 aliphatic heterocycles. The number of benzene rings is 1. The summed E-state index contributed by atoms with van der Waals surface area (Å²) in [5, 5.41) is 0. The van der Waals surface area contributed by atoms with E-state index in [0.29, 0.717) is 12.4 Å². The van der Waals surface area contributed by atoms with E-state index in [9.17, 15) is 4.79 Å². The first-order chi connectivity index (χ1) is 7.63. The predicted molar refractivity (Wildman–Crippen MR) is 60.3 cm³/mol. The summed E-state index contributed by atoms with van der Waals surface area (Å²) in [5.74, 6) is 0.820. The lowest BCUT2D eigenvalue weighted by Gasteiger charge is -2.10. The predicted octanol–water partition coefficient (Wildman–Crippen LogP) is 0.277. The fourth-order valence-corrected chi connectivity index (χ4v) is 1.07. The summed E-state index contributed by atoms with van der Waals surface area (Å²) in [6, 6.07) is 6.28. The van der Waals surface area contributed by atoms with E-state index in [1.54, 1.807) is 24.3 Å². The van der Waals surface area contributed by atoms with Crippen LogP contribution >= 0.6 is 0 Å². The van der Waals surface area contributed by atoms with E-state index >= 15 is 0 Å². The fourth-order valence-electron chi connectivity index (χ4n) is 1.07. The van der Waals surface area contributed by atoms with Crippen LogP contribution in [0.1, 0.15) is 6.92 Å². The van der Waals surface area contributed by atoms with Gasteiger partial charge in [0, 0.05) is 0 Å². The Morgan fingerprint density at radius 2 is 1.75 bits per heavy atom. The second kappa shape index (κ2) is 5.97. The lowest BCUT2D eigenvalue weighted by Crippen LogP contribution is -2.41. The Kier molecular flexibility index (Phi) is 4.60. The molecule has 0 saturated carbocycles. The van der Waals surface area contributed by atoms with Gasteiger partial charge in [0.05, 0.1) is 6.61 Å². The summed E-state index contributed by atoms with van der Waals surface area (Å²) < 4.78 is 10.6. The van der Waals surface area contributed by atoms with Crippen molar-refractivity contribution >= 4 is 5.91 Å². The number of hydrogen-bond acceptors (Lipinski definition) is 4. The van der Waals surface area contributed by atoms with Crippen LogP contribution in [0, 0.1) is 0 Å². The smallest absolute Gasteiger partial charge is 0.237 e. The van der Waals surface area contributed by atoms with E-state index in [2.05, 4.69) is 0 Å². The molecule has 0 spiro atoms. The molecular weight excluding hydrogens is 208 g/mol. The van der Waals surface area contributed by atoms with Gasteiger partial charge in [0.1, 0.15) is 24.1 Å². The van der Waals surface area contributed by atoms with Gasteiger partial charge in [-0.15, -0.1) is 0 Å². The number of ether oxygens (including phenoxy) is 2. The van der Waals surface area contributed by atoms with Crippen LogP contribution in [0.2, 0.25) is 0 Å². The molecule has 0 aliphatic rings. The van der Waals surface area contributed by atoms with Crippen LogP contribution in [-0.2, 0) is 4.79 Å². The summed E-state index contributed by atoms with van der Waals surface area (Å²) in [4.78, 5) is 10.7. The highest BCUT2D eigenvalue weighted by Gasteiger charge is 2.09. The molecular formula is C11H16N2O3. The molecule has 0 aliphatic carbocycles. The van der Waals surface area contributed by atoms with E-state index in [-0.39, 0.29) is 6.61 Å². The molecule has 88 valence electrons. The molecule has 1 rings (SSSR count). The van der Waals surface area contributed by atoms with Crippen molar-refractivity contribution in [3.8, 4) is 11.5 Å². The van der Waals surface area contributed by atoms with Crippen molar-refractivity contribution in [2.24, 2.45) is 11.5 Å². The molecule has 0 radical (unpaired) electrons. The molecule has 0 aromatic heterocycles. The zero-order chi connectivity index (χ0) is 12.0. The van der Waals surface area contributed by atoms with E-state index in [1.165, 1.54) is 0 Å². The number of rotatable bonds is 6. The van der Waals surface area contributed by atoms with Crippen LogP contribution < -0.4 is 20.9 Å². The zero-order valence-electron chi connectivity index (χ0n) is 9.18. The molecule has 0 heterocycles. The molecule has 0 saturated heterocycles. The average molecular weight is 224 g/mol. The normalized spacial score (nSPS) is 11.9. The molecule has 1 atom stereocenters. The summed E-state index contributed by atoms with van der Waals surface area (Å²) in [7, 11) is 0. The van der Waals surface area contributed by atoms with E-state index in [4.69, 9.17) is 20.9 Å². The number of carbonyl (C=O) groups is 1. The molecule has 0 bridgehead atoms. The van der Waals surface area contributed by atoms with Crippen molar-refractivity contribution < 1.29 is 14.3 Å². The van der Waals surface area contributed by atoms with Gasteiger partial charge in [0.2, 0.25) is 5.91 Å². The molecule has 1 aromatic carbocycles. The lowest BCUT2D eigenvalue weighted by molar-refractivity contribution is -0.119. The van der Waals surface area contributed by atoms with Gasteiger partial charge in [-0.3, -0.25) is 4.79 Å². The molecule has 1 unspecified atom stereocenters. The molecule has 0 fully saturated rings. The van der Waals surface area contributed by atoms with Gasteiger partial charge in [-0.2, -0.15) is 0 Å². The van der Waals surface area contributed by atoms with Gasteiger partial charge in [-0.1, -0.05) is 0 Å². The number of primary amides is 1. The average Bonchev–Trinajstić information content (AvgIpc) is 2.28. The van der Waals surface area contributed by atoms with E-state index in [0.717, 1.165) is 5.75 Å². The minimum atomic E-state index is -0.786. The summed E-state index contributed by atoms with van der Waals surface area (Å²) in [6.45, 7) is 2.60. The molecule has 1 amide bonds. The largest absolute Gasteiger partial charge is 0.494 e. The highest BCUT2D eigenvalue weighted by Crippen LogP contribution is 2.17. The van der Waals surface area contributed by atoms with Crippen molar-refractivity contribution in [1.29, 1.82) is 0 Å². The summed E-state index contributed by atoms with van der Waals surface area (Å²) >= 11 is 0. The third kappa shape index (κ3) is 3.78. The number of nitrogens with two attached hydrogens (primary N) is 2. The lowest BCUT2D eigenvalue weighted by atomic mass is 10.3. The topological polar surface area (TPSA) is 87.6 Å². The zero-order valence-corrected chi connectivity index (χ0v) is 9.18. The maximum absolute atomic E-state index is 10.7. The Balaban J connectivity index is 2.46. The Morgan fingerprint density at radius 1 is 1.25 bits per heavy atom. The quantitative estimate of drug-likeness (QED) is 0.726. The number of hydrogen-bond donors (Lipinski definition) is 2. The second-order valence-electron chi connectivity index (χ2n) is 3.22. The van der Waals surface area contributed by atoms with Crippen LogP contribution in [0.4, 0.5) is 0 Å². The molecule has 4 N–H and O–H groups in total. The first kappa shape index (κ1) is 12.3. The Labute approximate surface area is 94.3 Å². The van der Waals surface area contributed by atoms with Gasteiger partial charge in [-0.05, 0) is 31.2 Å². The van der Waals surface area contributed by atoms with Crippen LogP contribution in [0.25, 0.3) is 0 Å². The molecule has 5 heteroatoms. The maximum Gasteiger partial charge on any atom is 0.237 e. The van der Waals surface area contributed by atoms with Crippen LogP contribution in [0.3, 0.4) is 0 Å². The minimum absolute atomic E-state index is 0.0727. The third-order valence-electron chi connectivity index (χ3n) is 1.93. The SMILES string of the molecule is CCOc1ccc(OCC(N)C(N)=O)cc1. The van der Waals surface area contributed by atoms with Crippen LogP contribution in [0.15, 0.2) is 24.3 Å². The summed E-state index contributed by atoms with van der Waals surface area (Å²) in [5.41, 5.74) is 10.4. The van der Waals surface area contributed by atoms with Crippen molar-refractivity contribution in [1.82, 2.24) is 0 Å². The number of amides is 1. The molecule has 1 aromatic rings. The van der Waals surface area contributed by atoms with Crippen molar-refractivity contribution in [3.05, 3.63) is 24.3 Å². The van der Waals surface area contributed by atoms with Gasteiger partial charge < -0.3 is 20.9 Å². The Morgan fingerprint density at radius 3 is 2.19 bits per heavy atom. The minimum Gasteiger partial charge on any atom is -0.494 e. The Bertz CT molecular complexity index is 338. The number of carbonyl (C=O) groups excluding carboxylic acids is 1. The summed E-state index contributed by atoms with van der Waals surface area (Å²) in [6.07, 6.45) is 0. The highest BCUT2D eigenvalue weighted by molar-refractivity contribution is 5.79.